The van der Waals surface area contributed by atoms with Gasteiger partial charge in [-0.15, -0.1) is 34.2 Å². The van der Waals surface area contributed by atoms with Crippen molar-refractivity contribution in [2.24, 2.45) is 18.0 Å². The molecule has 1 atom stereocenters. The average Bonchev–Trinajstić information content (AvgIpc) is 3.42. The third-order valence-electron chi connectivity index (χ3n) is 5.54. The Hall–Kier alpha value is -1.92. The number of aliphatic imine (C=N–C) groups is 1. The molecule has 1 aliphatic heterocycles. The number of nitrogens with zero attached hydrogens (tertiary/aromatic N) is 4. The van der Waals surface area contributed by atoms with E-state index in [1.807, 2.05) is 18.5 Å². The zero-order valence-electron chi connectivity index (χ0n) is 20.1. The smallest absolute Gasteiger partial charge is 0.191 e. The van der Waals surface area contributed by atoms with Crippen molar-refractivity contribution in [1.82, 2.24) is 25.4 Å². The molecule has 2 aromatic rings. The maximum absolute atomic E-state index is 6.17. The highest BCUT2D eigenvalue weighted by atomic mass is 127. The van der Waals surface area contributed by atoms with E-state index in [1.54, 1.807) is 7.11 Å². The van der Waals surface area contributed by atoms with Gasteiger partial charge in [0.1, 0.15) is 11.6 Å². The molecular weight excluding hydrogens is 535 g/mol. The number of guanidine groups is 1. The van der Waals surface area contributed by atoms with E-state index in [0.29, 0.717) is 32.2 Å². The number of methoxy groups -OCH3 is 1. The van der Waals surface area contributed by atoms with E-state index in [2.05, 4.69) is 46.0 Å². The number of hydrogen-bond donors (Lipinski definition) is 2. The van der Waals surface area contributed by atoms with E-state index in [-0.39, 0.29) is 24.0 Å². The lowest BCUT2D eigenvalue weighted by Gasteiger charge is -2.15. The fourth-order valence-corrected chi connectivity index (χ4v) is 3.38. The summed E-state index contributed by atoms with van der Waals surface area (Å²) in [5.41, 5.74) is 2.23. The van der Waals surface area contributed by atoms with Gasteiger partial charge in [0.05, 0.1) is 26.3 Å². The van der Waals surface area contributed by atoms with Gasteiger partial charge >= 0.3 is 0 Å². The number of nitrogens with one attached hydrogen (secondary N) is 2. The molecule has 0 radical (unpaired) electrons. The summed E-state index contributed by atoms with van der Waals surface area (Å²) in [4.78, 5) is 4.80. The maximum atomic E-state index is 6.17. The van der Waals surface area contributed by atoms with Crippen LogP contribution in [0.4, 0.5) is 0 Å². The van der Waals surface area contributed by atoms with Crippen LogP contribution in [0, 0.1) is 19.8 Å². The SMILES string of the molecule is COCCCNC(=NCc1ccc(C)cc1OCC1CCOC1)NCc1nnc(C)n1C.I. The minimum atomic E-state index is 0. The highest BCUT2D eigenvalue weighted by Crippen LogP contribution is 2.23. The summed E-state index contributed by atoms with van der Waals surface area (Å²) in [5.74, 6) is 3.80. The topological polar surface area (TPSA) is 94.8 Å². The molecule has 0 amide bonds. The largest absolute Gasteiger partial charge is 0.493 e. The molecule has 3 rings (SSSR count). The van der Waals surface area contributed by atoms with Gasteiger partial charge in [-0.05, 0) is 38.3 Å². The summed E-state index contributed by atoms with van der Waals surface area (Å²) in [6, 6.07) is 6.27. The zero-order valence-corrected chi connectivity index (χ0v) is 22.4. The standard InChI is InChI=1S/C23H36N6O3.HI/c1-17-6-7-20(21(12-17)32-16-19-8-11-31-15-19)13-25-23(24-9-5-10-30-4)26-14-22-28-27-18(2)29(22)3;/h6-7,12,19H,5,8-11,13-16H2,1-4H3,(H2,24,25,26);1H. The fraction of sp³-hybridized carbons (Fsp3) is 0.609. The van der Waals surface area contributed by atoms with E-state index >= 15 is 0 Å². The molecule has 184 valence electrons. The summed E-state index contributed by atoms with van der Waals surface area (Å²) in [6.45, 7) is 8.79. The molecule has 1 saturated heterocycles. The van der Waals surface area contributed by atoms with Gasteiger partial charge in [0.15, 0.2) is 11.8 Å². The van der Waals surface area contributed by atoms with Gasteiger partial charge in [0.2, 0.25) is 0 Å². The van der Waals surface area contributed by atoms with Crippen LogP contribution in [0.25, 0.3) is 0 Å². The second kappa shape index (κ2) is 14.4. The number of benzene rings is 1. The van der Waals surface area contributed by atoms with Crippen LogP contribution in [-0.4, -0.2) is 60.8 Å². The van der Waals surface area contributed by atoms with Crippen molar-refractivity contribution in [2.75, 3.05) is 40.1 Å². The van der Waals surface area contributed by atoms with Gasteiger partial charge in [-0.25, -0.2) is 4.99 Å². The Morgan fingerprint density at radius 1 is 1.27 bits per heavy atom. The number of aromatic nitrogens is 3. The van der Waals surface area contributed by atoms with Crippen molar-refractivity contribution in [3.63, 3.8) is 0 Å². The van der Waals surface area contributed by atoms with Crippen LogP contribution in [0.3, 0.4) is 0 Å². The first-order valence-electron chi connectivity index (χ1n) is 11.2. The Kier molecular flexibility index (Phi) is 11.9. The maximum Gasteiger partial charge on any atom is 0.191 e. The van der Waals surface area contributed by atoms with E-state index in [0.717, 1.165) is 61.5 Å². The molecule has 0 saturated carbocycles. The second-order valence-corrected chi connectivity index (χ2v) is 8.17. The van der Waals surface area contributed by atoms with Gasteiger partial charge in [-0.3, -0.25) is 0 Å². The normalized spacial score (nSPS) is 15.9. The second-order valence-electron chi connectivity index (χ2n) is 8.17. The van der Waals surface area contributed by atoms with Crippen LogP contribution in [0.2, 0.25) is 0 Å². The minimum absolute atomic E-state index is 0. The van der Waals surface area contributed by atoms with E-state index < -0.39 is 0 Å². The van der Waals surface area contributed by atoms with Gasteiger partial charge in [-0.1, -0.05) is 12.1 Å². The van der Waals surface area contributed by atoms with Gasteiger partial charge in [-0.2, -0.15) is 0 Å². The molecule has 0 aliphatic carbocycles. The summed E-state index contributed by atoms with van der Waals surface area (Å²) >= 11 is 0. The highest BCUT2D eigenvalue weighted by molar-refractivity contribution is 14.0. The lowest BCUT2D eigenvalue weighted by atomic mass is 10.1. The molecular formula is C23H37IN6O3. The van der Waals surface area contributed by atoms with Crippen LogP contribution in [-0.2, 0) is 29.6 Å². The van der Waals surface area contributed by atoms with Crippen molar-refractivity contribution in [3.8, 4) is 5.75 Å². The van der Waals surface area contributed by atoms with Crippen LogP contribution < -0.4 is 15.4 Å². The molecule has 0 spiro atoms. The lowest BCUT2D eigenvalue weighted by Crippen LogP contribution is -2.38. The van der Waals surface area contributed by atoms with Crippen LogP contribution >= 0.6 is 24.0 Å². The van der Waals surface area contributed by atoms with Gasteiger partial charge in [0, 0.05) is 45.4 Å². The van der Waals surface area contributed by atoms with Crippen LogP contribution in [0.1, 0.15) is 35.6 Å². The molecule has 1 fully saturated rings. The quantitative estimate of drug-likeness (QED) is 0.185. The number of rotatable bonds is 11. The summed E-state index contributed by atoms with van der Waals surface area (Å²) in [6.07, 6.45) is 1.95. The predicted octanol–water partition coefficient (Wildman–Crippen LogP) is 2.74. The summed E-state index contributed by atoms with van der Waals surface area (Å²) in [5, 5.41) is 15.1. The van der Waals surface area contributed by atoms with Gasteiger partial charge < -0.3 is 29.4 Å². The van der Waals surface area contributed by atoms with Gasteiger partial charge in [0.25, 0.3) is 0 Å². The number of halogens is 1. The Morgan fingerprint density at radius 3 is 2.82 bits per heavy atom. The molecule has 0 bridgehead atoms. The Morgan fingerprint density at radius 2 is 2.12 bits per heavy atom. The fourth-order valence-electron chi connectivity index (χ4n) is 3.38. The van der Waals surface area contributed by atoms with Crippen molar-refractivity contribution in [3.05, 3.63) is 41.0 Å². The molecule has 2 heterocycles. The minimum Gasteiger partial charge on any atom is -0.493 e. The monoisotopic (exact) mass is 572 g/mol. The summed E-state index contributed by atoms with van der Waals surface area (Å²) in [7, 11) is 3.67. The zero-order chi connectivity index (χ0) is 22.8. The Balaban J connectivity index is 0.00000385. The van der Waals surface area contributed by atoms with Crippen molar-refractivity contribution < 1.29 is 14.2 Å². The molecule has 1 aromatic carbocycles. The number of ether oxygens (including phenoxy) is 3. The molecule has 9 nitrogen and oxygen atoms in total. The van der Waals surface area contributed by atoms with E-state index in [1.165, 1.54) is 5.56 Å². The van der Waals surface area contributed by atoms with Crippen molar-refractivity contribution in [2.45, 2.75) is 39.8 Å². The van der Waals surface area contributed by atoms with Crippen molar-refractivity contribution in [1.29, 1.82) is 0 Å². The Bertz CT molecular complexity index is 883. The number of hydrogen-bond acceptors (Lipinski definition) is 6. The number of aryl methyl sites for hydroxylation is 2. The first kappa shape index (κ1) is 27.3. The third-order valence-corrected chi connectivity index (χ3v) is 5.54. The molecule has 1 aliphatic rings. The molecule has 1 aromatic heterocycles. The third kappa shape index (κ3) is 8.74. The van der Waals surface area contributed by atoms with Crippen molar-refractivity contribution >= 4 is 29.9 Å². The first-order chi connectivity index (χ1) is 15.6. The highest BCUT2D eigenvalue weighted by Gasteiger charge is 2.17. The molecule has 1 unspecified atom stereocenters. The average molecular weight is 572 g/mol. The van der Waals surface area contributed by atoms with Crippen LogP contribution in [0.15, 0.2) is 23.2 Å². The molecule has 10 heteroatoms. The molecule has 33 heavy (non-hydrogen) atoms. The van der Waals surface area contributed by atoms with Crippen LogP contribution in [0.5, 0.6) is 5.75 Å². The lowest BCUT2D eigenvalue weighted by molar-refractivity contribution is 0.166. The predicted molar refractivity (Wildman–Crippen MR) is 139 cm³/mol. The summed E-state index contributed by atoms with van der Waals surface area (Å²) < 4.78 is 18.8. The van der Waals surface area contributed by atoms with E-state index in [9.17, 15) is 0 Å². The van der Waals surface area contributed by atoms with E-state index in [4.69, 9.17) is 19.2 Å². The first-order valence-corrected chi connectivity index (χ1v) is 11.2. The molecule has 2 N–H and O–H groups in total. The Labute approximate surface area is 213 Å².